The van der Waals surface area contributed by atoms with Crippen molar-refractivity contribution in [2.75, 3.05) is 6.61 Å². The van der Waals surface area contributed by atoms with Crippen molar-refractivity contribution in [3.8, 4) is 5.75 Å². The van der Waals surface area contributed by atoms with E-state index in [4.69, 9.17) is 4.74 Å². The molecule has 1 fully saturated rings. The molecule has 1 saturated carbocycles. The third-order valence-corrected chi connectivity index (χ3v) is 4.39. The van der Waals surface area contributed by atoms with Crippen LogP contribution >= 0.6 is 0 Å². The van der Waals surface area contributed by atoms with E-state index >= 15 is 0 Å². The quantitative estimate of drug-likeness (QED) is 0.896. The van der Waals surface area contributed by atoms with Gasteiger partial charge < -0.3 is 10.1 Å². The summed E-state index contributed by atoms with van der Waals surface area (Å²) in [6, 6.07) is 6.50. The summed E-state index contributed by atoms with van der Waals surface area (Å²) in [6.45, 7) is 6.75. The van der Waals surface area contributed by atoms with Gasteiger partial charge in [-0.05, 0) is 49.8 Å². The summed E-state index contributed by atoms with van der Waals surface area (Å²) in [5, 5.41) is 3.16. The monoisotopic (exact) mass is 289 g/mol. The van der Waals surface area contributed by atoms with Crippen molar-refractivity contribution in [2.45, 2.75) is 58.9 Å². The van der Waals surface area contributed by atoms with Crippen LogP contribution in [0, 0.1) is 19.8 Å². The van der Waals surface area contributed by atoms with Gasteiger partial charge in [0.15, 0.2) is 0 Å². The Balaban J connectivity index is 1.75. The SMILES string of the molecule is Cc1ccc(C)c(OCCC(=O)NC2CCCCC2C)c1. The van der Waals surface area contributed by atoms with Crippen LogP contribution in [0.25, 0.3) is 0 Å². The van der Waals surface area contributed by atoms with Gasteiger partial charge in [0.05, 0.1) is 13.0 Å². The summed E-state index contributed by atoms with van der Waals surface area (Å²) in [4.78, 5) is 12.0. The summed E-state index contributed by atoms with van der Waals surface area (Å²) in [6.07, 6.45) is 5.29. The van der Waals surface area contributed by atoms with Crippen LogP contribution in [-0.2, 0) is 4.79 Å². The van der Waals surface area contributed by atoms with Crippen LogP contribution in [0.2, 0.25) is 0 Å². The minimum Gasteiger partial charge on any atom is -0.493 e. The number of ether oxygens (including phenoxy) is 1. The van der Waals surface area contributed by atoms with Gasteiger partial charge in [0.25, 0.3) is 0 Å². The molecule has 0 spiro atoms. The van der Waals surface area contributed by atoms with E-state index in [1.54, 1.807) is 0 Å². The van der Waals surface area contributed by atoms with Gasteiger partial charge >= 0.3 is 0 Å². The molecule has 1 N–H and O–H groups in total. The van der Waals surface area contributed by atoms with E-state index in [-0.39, 0.29) is 5.91 Å². The first-order valence-electron chi connectivity index (χ1n) is 8.05. The predicted molar refractivity (Wildman–Crippen MR) is 85.6 cm³/mol. The van der Waals surface area contributed by atoms with Gasteiger partial charge in [-0.25, -0.2) is 0 Å². The molecule has 0 heterocycles. The first kappa shape index (κ1) is 15.9. The molecular weight excluding hydrogens is 262 g/mol. The van der Waals surface area contributed by atoms with E-state index in [1.807, 2.05) is 19.9 Å². The molecule has 1 aromatic carbocycles. The fourth-order valence-corrected chi connectivity index (χ4v) is 2.93. The maximum absolute atomic E-state index is 12.0. The zero-order valence-corrected chi connectivity index (χ0v) is 13.4. The van der Waals surface area contributed by atoms with Gasteiger partial charge in [0.2, 0.25) is 5.91 Å². The smallest absolute Gasteiger partial charge is 0.223 e. The molecule has 2 atom stereocenters. The largest absolute Gasteiger partial charge is 0.493 e. The molecule has 0 aliphatic heterocycles. The van der Waals surface area contributed by atoms with E-state index in [0.29, 0.717) is 25.0 Å². The van der Waals surface area contributed by atoms with Crippen molar-refractivity contribution in [1.82, 2.24) is 5.32 Å². The van der Waals surface area contributed by atoms with E-state index < -0.39 is 0 Å². The summed E-state index contributed by atoms with van der Waals surface area (Å²) < 4.78 is 5.74. The number of aryl methyl sites for hydroxylation is 2. The maximum atomic E-state index is 12.0. The fourth-order valence-electron chi connectivity index (χ4n) is 2.93. The molecule has 0 bridgehead atoms. The number of hydrogen-bond acceptors (Lipinski definition) is 2. The normalized spacial score (nSPS) is 21.9. The molecule has 116 valence electrons. The van der Waals surface area contributed by atoms with E-state index in [0.717, 1.165) is 17.7 Å². The molecule has 21 heavy (non-hydrogen) atoms. The van der Waals surface area contributed by atoms with Crippen LogP contribution in [-0.4, -0.2) is 18.6 Å². The Kier molecular flexibility index (Phi) is 5.66. The Morgan fingerprint density at radius 1 is 1.29 bits per heavy atom. The molecule has 2 rings (SSSR count). The maximum Gasteiger partial charge on any atom is 0.223 e. The topological polar surface area (TPSA) is 38.3 Å². The molecule has 1 aliphatic carbocycles. The summed E-state index contributed by atoms with van der Waals surface area (Å²) >= 11 is 0. The van der Waals surface area contributed by atoms with E-state index in [2.05, 4.69) is 24.4 Å². The van der Waals surface area contributed by atoms with E-state index in [9.17, 15) is 4.79 Å². The van der Waals surface area contributed by atoms with Crippen molar-refractivity contribution in [2.24, 2.45) is 5.92 Å². The molecule has 2 unspecified atom stereocenters. The minimum absolute atomic E-state index is 0.110. The second-order valence-electron chi connectivity index (χ2n) is 6.30. The zero-order valence-electron chi connectivity index (χ0n) is 13.4. The van der Waals surface area contributed by atoms with Crippen LogP contribution in [0.3, 0.4) is 0 Å². The lowest BCUT2D eigenvalue weighted by molar-refractivity contribution is -0.122. The molecule has 3 heteroatoms. The lowest BCUT2D eigenvalue weighted by Crippen LogP contribution is -2.41. The Hall–Kier alpha value is -1.51. The summed E-state index contributed by atoms with van der Waals surface area (Å²) in [5.74, 6) is 1.59. The highest BCUT2D eigenvalue weighted by molar-refractivity contribution is 5.76. The van der Waals surface area contributed by atoms with Crippen LogP contribution in [0.15, 0.2) is 18.2 Å². The van der Waals surface area contributed by atoms with Crippen molar-refractivity contribution in [1.29, 1.82) is 0 Å². The van der Waals surface area contributed by atoms with E-state index in [1.165, 1.54) is 24.8 Å². The minimum atomic E-state index is 0.110. The molecule has 3 nitrogen and oxygen atoms in total. The lowest BCUT2D eigenvalue weighted by atomic mass is 9.86. The Morgan fingerprint density at radius 3 is 2.81 bits per heavy atom. The highest BCUT2D eigenvalue weighted by Crippen LogP contribution is 2.24. The van der Waals surface area contributed by atoms with Crippen molar-refractivity contribution < 1.29 is 9.53 Å². The van der Waals surface area contributed by atoms with Crippen LogP contribution < -0.4 is 10.1 Å². The number of rotatable bonds is 5. The molecule has 1 aliphatic rings. The third kappa shape index (κ3) is 4.76. The molecule has 0 radical (unpaired) electrons. The third-order valence-electron chi connectivity index (χ3n) is 4.39. The second-order valence-corrected chi connectivity index (χ2v) is 6.30. The highest BCUT2D eigenvalue weighted by atomic mass is 16.5. The number of nitrogens with one attached hydrogen (secondary N) is 1. The van der Waals surface area contributed by atoms with Gasteiger partial charge in [-0.2, -0.15) is 0 Å². The molecule has 0 saturated heterocycles. The van der Waals surface area contributed by atoms with Crippen molar-refractivity contribution >= 4 is 5.91 Å². The number of carbonyl (C=O) groups is 1. The first-order valence-corrected chi connectivity index (χ1v) is 8.05. The second kappa shape index (κ2) is 7.48. The standard InChI is InChI=1S/C18H27NO2/c1-13-8-9-15(3)17(12-13)21-11-10-18(20)19-16-7-5-4-6-14(16)2/h8-9,12,14,16H,4-7,10-11H2,1-3H3,(H,19,20). The number of carbonyl (C=O) groups excluding carboxylic acids is 1. The molecule has 1 aromatic rings. The lowest BCUT2D eigenvalue weighted by Gasteiger charge is -2.29. The number of hydrogen-bond donors (Lipinski definition) is 1. The van der Waals surface area contributed by atoms with Gasteiger partial charge in [0.1, 0.15) is 5.75 Å². The van der Waals surface area contributed by atoms with Gasteiger partial charge in [0, 0.05) is 6.04 Å². The van der Waals surface area contributed by atoms with Gasteiger partial charge in [-0.1, -0.05) is 31.9 Å². The molecule has 1 amide bonds. The Labute approximate surface area is 128 Å². The number of benzene rings is 1. The fraction of sp³-hybridized carbons (Fsp3) is 0.611. The average Bonchev–Trinajstić information content (AvgIpc) is 2.45. The summed E-state index contributed by atoms with van der Waals surface area (Å²) in [5.41, 5.74) is 2.29. The van der Waals surface area contributed by atoms with Crippen molar-refractivity contribution in [3.63, 3.8) is 0 Å². The molecular formula is C18H27NO2. The van der Waals surface area contributed by atoms with Gasteiger partial charge in [-0.3, -0.25) is 4.79 Å². The van der Waals surface area contributed by atoms with Crippen LogP contribution in [0.5, 0.6) is 5.75 Å². The molecule has 0 aromatic heterocycles. The highest BCUT2D eigenvalue weighted by Gasteiger charge is 2.22. The van der Waals surface area contributed by atoms with Gasteiger partial charge in [-0.15, -0.1) is 0 Å². The van der Waals surface area contributed by atoms with Crippen LogP contribution in [0.4, 0.5) is 0 Å². The summed E-state index contributed by atoms with van der Waals surface area (Å²) in [7, 11) is 0. The average molecular weight is 289 g/mol. The Morgan fingerprint density at radius 2 is 2.05 bits per heavy atom. The van der Waals surface area contributed by atoms with Crippen LogP contribution in [0.1, 0.15) is 50.2 Å². The number of amides is 1. The Bertz CT molecular complexity index is 484. The first-order chi connectivity index (χ1) is 10.1. The zero-order chi connectivity index (χ0) is 15.2. The van der Waals surface area contributed by atoms with Crippen molar-refractivity contribution in [3.05, 3.63) is 29.3 Å². The predicted octanol–water partition coefficient (Wildman–Crippen LogP) is 3.77.